The van der Waals surface area contributed by atoms with E-state index in [-0.39, 0.29) is 0 Å². The predicted octanol–water partition coefficient (Wildman–Crippen LogP) is 2.15. The summed E-state index contributed by atoms with van der Waals surface area (Å²) in [4.78, 5) is 2.17. The van der Waals surface area contributed by atoms with Crippen molar-refractivity contribution >= 4 is 0 Å². The minimum atomic E-state index is -0.760. The third-order valence-corrected chi connectivity index (χ3v) is 3.34. The highest BCUT2D eigenvalue weighted by atomic mass is 19.2. The molecule has 0 spiro atoms. The molecule has 1 atom stereocenters. The molecule has 1 saturated heterocycles. The van der Waals surface area contributed by atoms with Crippen molar-refractivity contribution in [3.8, 4) is 0 Å². The van der Waals surface area contributed by atoms with Crippen LogP contribution in [0.15, 0.2) is 18.2 Å². The molecule has 1 aliphatic rings. The summed E-state index contributed by atoms with van der Waals surface area (Å²) in [6, 6.07) is 4.83. The Bertz CT molecular complexity index is 382. The van der Waals surface area contributed by atoms with Crippen LogP contribution in [0.4, 0.5) is 8.78 Å². The van der Waals surface area contributed by atoms with Gasteiger partial charge >= 0.3 is 0 Å². The molecule has 0 saturated carbocycles. The van der Waals surface area contributed by atoms with E-state index in [9.17, 15) is 8.78 Å². The molecule has 1 fully saturated rings. The topological polar surface area (TPSA) is 15.3 Å². The fourth-order valence-corrected chi connectivity index (χ4v) is 2.35. The SMILES string of the molecule is CNC1CCCN(Cc2cccc(F)c2F)C1. The molecule has 2 nitrogen and oxygen atoms in total. The molecule has 1 aromatic rings. The Kier molecular flexibility index (Phi) is 4.07. The highest BCUT2D eigenvalue weighted by Gasteiger charge is 2.19. The van der Waals surface area contributed by atoms with Gasteiger partial charge in [-0.1, -0.05) is 12.1 Å². The summed E-state index contributed by atoms with van der Waals surface area (Å²) in [5.74, 6) is -1.47. The highest BCUT2D eigenvalue weighted by Crippen LogP contribution is 2.17. The molecule has 0 aliphatic carbocycles. The first-order valence-electron chi connectivity index (χ1n) is 6.03. The van der Waals surface area contributed by atoms with Crippen LogP contribution >= 0.6 is 0 Å². The molecule has 1 N–H and O–H groups in total. The van der Waals surface area contributed by atoms with Gasteiger partial charge in [0, 0.05) is 24.7 Å². The Balaban J connectivity index is 2.02. The van der Waals surface area contributed by atoms with Crippen molar-refractivity contribution < 1.29 is 8.78 Å². The summed E-state index contributed by atoms with van der Waals surface area (Å²) in [5.41, 5.74) is 0.446. The van der Waals surface area contributed by atoms with E-state index < -0.39 is 11.6 Å². The van der Waals surface area contributed by atoms with Gasteiger partial charge in [0.25, 0.3) is 0 Å². The smallest absolute Gasteiger partial charge is 0.163 e. The lowest BCUT2D eigenvalue weighted by Crippen LogP contribution is -2.44. The summed E-state index contributed by atoms with van der Waals surface area (Å²) in [6.45, 7) is 2.34. The van der Waals surface area contributed by atoms with Crippen LogP contribution in [-0.4, -0.2) is 31.1 Å². The predicted molar refractivity (Wildman–Crippen MR) is 63.7 cm³/mol. The van der Waals surface area contributed by atoms with Crippen LogP contribution < -0.4 is 5.32 Å². The maximum absolute atomic E-state index is 13.5. The van der Waals surface area contributed by atoms with E-state index in [0.29, 0.717) is 18.2 Å². The van der Waals surface area contributed by atoms with E-state index in [2.05, 4.69) is 10.2 Å². The zero-order chi connectivity index (χ0) is 12.3. The number of likely N-dealkylation sites (tertiary alicyclic amines) is 1. The quantitative estimate of drug-likeness (QED) is 0.871. The molecule has 1 heterocycles. The molecule has 1 aromatic carbocycles. The van der Waals surface area contributed by atoms with E-state index >= 15 is 0 Å². The normalized spacial score (nSPS) is 21.7. The fraction of sp³-hybridized carbons (Fsp3) is 0.538. The molecular formula is C13H18F2N2. The highest BCUT2D eigenvalue weighted by molar-refractivity contribution is 5.18. The van der Waals surface area contributed by atoms with Crippen molar-refractivity contribution in [2.24, 2.45) is 0 Å². The molecule has 1 aliphatic heterocycles. The average Bonchev–Trinajstić information content (AvgIpc) is 2.35. The van der Waals surface area contributed by atoms with Crippen LogP contribution in [-0.2, 0) is 6.54 Å². The van der Waals surface area contributed by atoms with Gasteiger partial charge in [0.2, 0.25) is 0 Å². The van der Waals surface area contributed by atoms with E-state index in [1.54, 1.807) is 12.1 Å². The maximum atomic E-state index is 13.5. The third kappa shape index (κ3) is 3.01. The van der Waals surface area contributed by atoms with Gasteiger partial charge in [-0.3, -0.25) is 4.90 Å². The van der Waals surface area contributed by atoms with Crippen LogP contribution in [0.2, 0.25) is 0 Å². The second-order valence-electron chi connectivity index (χ2n) is 4.58. The van der Waals surface area contributed by atoms with E-state index in [1.165, 1.54) is 0 Å². The lowest BCUT2D eigenvalue weighted by molar-refractivity contribution is 0.185. The van der Waals surface area contributed by atoms with Crippen molar-refractivity contribution in [1.82, 2.24) is 10.2 Å². The summed E-state index contributed by atoms with van der Waals surface area (Å²) < 4.78 is 26.6. The number of hydrogen-bond acceptors (Lipinski definition) is 2. The summed E-state index contributed by atoms with van der Waals surface area (Å²) in [5, 5.41) is 3.24. The van der Waals surface area contributed by atoms with Gasteiger partial charge in [0.15, 0.2) is 11.6 Å². The molecular weight excluding hydrogens is 222 g/mol. The number of likely N-dealkylation sites (N-methyl/N-ethyl adjacent to an activating group) is 1. The van der Waals surface area contributed by atoms with Crippen LogP contribution in [0, 0.1) is 11.6 Å². The second kappa shape index (κ2) is 5.56. The Hall–Kier alpha value is -1.00. The molecule has 2 rings (SSSR count). The molecule has 0 amide bonds. The Morgan fingerprint density at radius 1 is 1.41 bits per heavy atom. The molecule has 0 aromatic heterocycles. The Morgan fingerprint density at radius 3 is 3.00 bits per heavy atom. The number of benzene rings is 1. The van der Waals surface area contributed by atoms with Gasteiger partial charge in [-0.15, -0.1) is 0 Å². The molecule has 17 heavy (non-hydrogen) atoms. The number of hydrogen-bond donors (Lipinski definition) is 1. The molecule has 1 unspecified atom stereocenters. The third-order valence-electron chi connectivity index (χ3n) is 3.34. The summed E-state index contributed by atoms with van der Waals surface area (Å²) in [6.07, 6.45) is 2.25. The van der Waals surface area contributed by atoms with Gasteiger partial charge < -0.3 is 5.32 Å². The summed E-state index contributed by atoms with van der Waals surface area (Å²) in [7, 11) is 1.94. The van der Waals surface area contributed by atoms with E-state index in [1.807, 2.05) is 7.05 Å². The molecule has 0 radical (unpaired) electrons. The first kappa shape index (κ1) is 12.5. The minimum absolute atomic E-state index is 0.446. The molecule has 94 valence electrons. The van der Waals surface area contributed by atoms with Gasteiger partial charge in [-0.2, -0.15) is 0 Å². The van der Waals surface area contributed by atoms with Gasteiger partial charge in [-0.25, -0.2) is 8.78 Å². The minimum Gasteiger partial charge on any atom is -0.316 e. The van der Waals surface area contributed by atoms with Crippen molar-refractivity contribution in [2.75, 3.05) is 20.1 Å². The first-order chi connectivity index (χ1) is 8.20. The first-order valence-corrected chi connectivity index (χ1v) is 6.03. The van der Waals surface area contributed by atoms with E-state index in [0.717, 1.165) is 32.0 Å². The fourth-order valence-electron chi connectivity index (χ4n) is 2.35. The number of nitrogens with zero attached hydrogens (tertiary/aromatic N) is 1. The van der Waals surface area contributed by atoms with Gasteiger partial charge in [-0.05, 0) is 32.5 Å². The number of piperidine rings is 1. The summed E-state index contributed by atoms with van der Waals surface area (Å²) >= 11 is 0. The van der Waals surface area contributed by atoms with Gasteiger partial charge in [0.1, 0.15) is 0 Å². The number of halogens is 2. The van der Waals surface area contributed by atoms with Crippen molar-refractivity contribution in [2.45, 2.75) is 25.4 Å². The lowest BCUT2D eigenvalue weighted by atomic mass is 10.0. The number of rotatable bonds is 3. The standard InChI is InChI=1S/C13H18F2N2/c1-16-11-5-3-7-17(9-11)8-10-4-2-6-12(14)13(10)15/h2,4,6,11,16H,3,5,7-9H2,1H3. The maximum Gasteiger partial charge on any atom is 0.163 e. The van der Waals surface area contributed by atoms with Crippen LogP contribution in [0.1, 0.15) is 18.4 Å². The zero-order valence-corrected chi connectivity index (χ0v) is 10.0. The molecule has 0 bridgehead atoms. The second-order valence-corrected chi connectivity index (χ2v) is 4.58. The van der Waals surface area contributed by atoms with Crippen molar-refractivity contribution in [3.63, 3.8) is 0 Å². The van der Waals surface area contributed by atoms with Crippen LogP contribution in [0.25, 0.3) is 0 Å². The van der Waals surface area contributed by atoms with Crippen LogP contribution in [0.3, 0.4) is 0 Å². The number of nitrogens with one attached hydrogen (secondary N) is 1. The monoisotopic (exact) mass is 240 g/mol. The Morgan fingerprint density at radius 2 is 2.24 bits per heavy atom. The van der Waals surface area contributed by atoms with E-state index in [4.69, 9.17) is 0 Å². The largest absolute Gasteiger partial charge is 0.316 e. The van der Waals surface area contributed by atoms with Crippen molar-refractivity contribution in [1.29, 1.82) is 0 Å². The lowest BCUT2D eigenvalue weighted by Gasteiger charge is -2.32. The average molecular weight is 240 g/mol. The van der Waals surface area contributed by atoms with Gasteiger partial charge in [0.05, 0.1) is 0 Å². The Labute approximate surface area is 101 Å². The zero-order valence-electron chi connectivity index (χ0n) is 10.0. The van der Waals surface area contributed by atoms with Crippen LogP contribution in [0.5, 0.6) is 0 Å². The molecule has 4 heteroatoms. The van der Waals surface area contributed by atoms with Crippen molar-refractivity contribution in [3.05, 3.63) is 35.4 Å².